The first-order valence-electron chi connectivity index (χ1n) is 9.47. The number of hydrogen-bond donors (Lipinski definition) is 0. The summed E-state index contributed by atoms with van der Waals surface area (Å²) < 4.78 is 7.85. The second kappa shape index (κ2) is 7.32. The number of aromatic nitrogens is 2. The third-order valence-corrected chi connectivity index (χ3v) is 5.84. The van der Waals surface area contributed by atoms with Gasteiger partial charge in [-0.05, 0) is 51.3 Å². The minimum absolute atomic E-state index is 0.540. The van der Waals surface area contributed by atoms with Crippen molar-refractivity contribution in [2.45, 2.75) is 57.2 Å². The molecule has 5 nitrogen and oxygen atoms in total. The van der Waals surface area contributed by atoms with Gasteiger partial charge in [-0.3, -0.25) is 9.58 Å². The highest BCUT2D eigenvalue weighted by Gasteiger charge is 2.31. The first-order valence-corrected chi connectivity index (χ1v) is 9.47. The van der Waals surface area contributed by atoms with Crippen molar-refractivity contribution in [1.82, 2.24) is 19.6 Å². The largest absolute Gasteiger partial charge is 0.381 e. The molecule has 23 heavy (non-hydrogen) atoms. The summed E-state index contributed by atoms with van der Waals surface area (Å²) in [5, 5.41) is 4.63. The highest BCUT2D eigenvalue weighted by atomic mass is 16.5. The molecule has 4 rings (SSSR count). The molecule has 0 N–H and O–H groups in total. The first-order chi connectivity index (χ1) is 11.4. The van der Waals surface area contributed by atoms with E-state index in [-0.39, 0.29) is 0 Å². The zero-order chi connectivity index (χ0) is 15.5. The van der Waals surface area contributed by atoms with Gasteiger partial charge in [0.25, 0.3) is 0 Å². The lowest BCUT2D eigenvalue weighted by Crippen LogP contribution is -2.46. The standard InChI is InChI=1S/C18H30N4O/c1-2-9-20(10-3-1)11-5-18-15-21(16-6-12-23-13-7-16)14-17-4-8-19-22(17)18/h4,8,16,18H,1-3,5-7,9-15H2/t18-/m0/s1. The second-order valence-corrected chi connectivity index (χ2v) is 7.38. The number of likely N-dealkylation sites (tertiary alicyclic amines) is 1. The van der Waals surface area contributed by atoms with Gasteiger partial charge in [0.1, 0.15) is 0 Å². The maximum atomic E-state index is 5.55. The summed E-state index contributed by atoms with van der Waals surface area (Å²) in [6, 6.07) is 3.45. The highest BCUT2D eigenvalue weighted by molar-refractivity contribution is 5.06. The average molecular weight is 318 g/mol. The molecule has 0 unspecified atom stereocenters. The predicted octanol–water partition coefficient (Wildman–Crippen LogP) is 2.29. The van der Waals surface area contributed by atoms with Crippen LogP contribution in [0.15, 0.2) is 12.3 Å². The van der Waals surface area contributed by atoms with E-state index in [1.165, 1.54) is 63.9 Å². The zero-order valence-electron chi connectivity index (χ0n) is 14.2. The number of ether oxygens (including phenoxy) is 1. The van der Waals surface area contributed by atoms with E-state index in [0.29, 0.717) is 12.1 Å². The van der Waals surface area contributed by atoms with Gasteiger partial charge in [-0.15, -0.1) is 0 Å². The Morgan fingerprint density at radius 2 is 1.96 bits per heavy atom. The molecule has 2 fully saturated rings. The Hall–Kier alpha value is -0.910. The molecule has 0 bridgehead atoms. The zero-order valence-corrected chi connectivity index (χ0v) is 14.2. The molecule has 1 aromatic rings. The third kappa shape index (κ3) is 3.62. The van der Waals surface area contributed by atoms with Crippen molar-refractivity contribution in [2.24, 2.45) is 0 Å². The van der Waals surface area contributed by atoms with Crippen LogP contribution in [0.2, 0.25) is 0 Å². The number of rotatable bonds is 4. The molecule has 1 atom stereocenters. The van der Waals surface area contributed by atoms with Gasteiger partial charge in [0.15, 0.2) is 0 Å². The molecule has 0 radical (unpaired) electrons. The molecular formula is C18H30N4O. The van der Waals surface area contributed by atoms with Gasteiger partial charge in [-0.1, -0.05) is 6.42 Å². The van der Waals surface area contributed by atoms with Crippen molar-refractivity contribution in [1.29, 1.82) is 0 Å². The summed E-state index contributed by atoms with van der Waals surface area (Å²) in [5.41, 5.74) is 1.39. The van der Waals surface area contributed by atoms with Gasteiger partial charge < -0.3 is 9.64 Å². The van der Waals surface area contributed by atoms with Gasteiger partial charge in [0, 0.05) is 45.1 Å². The summed E-state index contributed by atoms with van der Waals surface area (Å²) in [6.07, 6.45) is 9.77. The lowest BCUT2D eigenvalue weighted by molar-refractivity contribution is 0.0147. The van der Waals surface area contributed by atoms with Gasteiger partial charge >= 0.3 is 0 Å². The van der Waals surface area contributed by atoms with Crippen LogP contribution < -0.4 is 0 Å². The molecule has 0 aromatic carbocycles. The summed E-state index contributed by atoms with van der Waals surface area (Å²) in [5.74, 6) is 0. The molecule has 2 saturated heterocycles. The molecule has 0 amide bonds. The minimum atomic E-state index is 0.540. The Balaban J connectivity index is 1.40. The number of fused-ring (bicyclic) bond motifs is 1. The summed E-state index contributed by atoms with van der Waals surface area (Å²) in [4.78, 5) is 5.35. The van der Waals surface area contributed by atoms with Crippen molar-refractivity contribution in [3.05, 3.63) is 18.0 Å². The Morgan fingerprint density at radius 1 is 1.13 bits per heavy atom. The molecule has 5 heteroatoms. The van der Waals surface area contributed by atoms with Crippen LogP contribution in [0.1, 0.15) is 50.3 Å². The molecule has 128 valence electrons. The highest BCUT2D eigenvalue weighted by Crippen LogP contribution is 2.28. The van der Waals surface area contributed by atoms with Crippen LogP contribution in [0.4, 0.5) is 0 Å². The van der Waals surface area contributed by atoms with Crippen LogP contribution in [-0.2, 0) is 11.3 Å². The van der Waals surface area contributed by atoms with Crippen LogP contribution in [0.25, 0.3) is 0 Å². The molecule has 4 heterocycles. The summed E-state index contributed by atoms with van der Waals surface area (Å²) in [7, 11) is 0. The maximum Gasteiger partial charge on any atom is 0.0662 e. The van der Waals surface area contributed by atoms with E-state index < -0.39 is 0 Å². The van der Waals surface area contributed by atoms with Crippen molar-refractivity contribution >= 4 is 0 Å². The van der Waals surface area contributed by atoms with E-state index in [9.17, 15) is 0 Å². The lowest BCUT2D eigenvalue weighted by atomic mass is 10.0. The fraction of sp³-hybridized carbons (Fsp3) is 0.833. The maximum absolute atomic E-state index is 5.55. The Bertz CT molecular complexity index is 491. The van der Waals surface area contributed by atoms with Crippen LogP contribution >= 0.6 is 0 Å². The minimum Gasteiger partial charge on any atom is -0.381 e. The lowest BCUT2D eigenvalue weighted by Gasteiger charge is -2.41. The van der Waals surface area contributed by atoms with Crippen LogP contribution in [0.5, 0.6) is 0 Å². The molecule has 3 aliphatic rings. The normalized spacial score (nSPS) is 27.9. The molecular weight excluding hydrogens is 288 g/mol. The van der Waals surface area contributed by atoms with E-state index in [1.807, 2.05) is 6.20 Å². The molecule has 0 saturated carbocycles. The van der Waals surface area contributed by atoms with Crippen molar-refractivity contribution in [2.75, 3.05) is 39.4 Å². The fourth-order valence-electron chi connectivity index (χ4n) is 4.47. The summed E-state index contributed by atoms with van der Waals surface area (Å²) >= 11 is 0. The van der Waals surface area contributed by atoms with Crippen molar-refractivity contribution in [3.63, 3.8) is 0 Å². The number of nitrogens with zero attached hydrogens (tertiary/aromatic N) is 4. The van der Waals surface area contributed by atoms with Crippen LogP contribution in [-0.4, -0.2) is 65.0 Å². The van der Waals surface area contributed by atoms with Gasteiger partial charge in [0.2, 0.25) is 0 Å². The quantitative estimate of drug-likeness (QED) is 0.853. The first kappa shape index (κ1) is 15.6. The Labute approximate surface area is 139 Å². The van der Waals surface area contributed by atoms with Crippen LogP contribution in [0.3, 0.4) is 0 Å². The third-order valence-electron chi connectivity index (χ3n) is 5.84. The van der Waals surface area contributed by atoms with E-state index in [0.717, 1.165) is 26.3 Å². The number of hydrogen-bond acceptors (Lipinski definition) is 4. The van der Waals surface area contributed by atoms with E-state index in [4.69, 9.17) is 4.74 Å². The van der Waals surface area contributed by atoms with Crippen LogP contribution in [0, 0.1) is 0 Å². The smallest absolute Gasteiger partial charge is 0.0662 e. The molecule has 0 spiro atoms. The van der Waals surface area contributed by atoms with E-state index in [2.05, 4.69) is 25.6 Å². The average Bonchev–Trinajstić information content (AvgIpc) is 3.10. The summed E-state index contributed by atoms with van der Waals surface area (Å²) in [6.45, 7) is 7.89. The monoisotopic (exact) mass is 318 g/mol. The van der Waals surface area contributed by atoms with Gasteiger partial charge in [0.05, 0.1) is 11.7 Å². The topological polar surface area (TPSA) is 33.5 Å². The van der Waals surface area contributed by atoms with Crippen molar-refractivity contribution in [3.8, 4) is 0 Å². The molecule has 3 aliphatic heterocycles. The fourth-order valence-corrected chi connectivity index (χ4v) is 4.47. The van der Waals surface area contributed by atoms with E-state index in [1.54, 1.807) is 0 Å². The van der Waals surface area contributed by atoms with Gasteiger partial charge in [-0.2, -0.15) is 5.10 Å². The molecule has 1 aromatic heterocycles. The number of piperidine rings is 1. The predicted molar refractivity (Wildman–Crippen MR) is 90.4 cm³/mol. The van der Waals surface area contributed by atoms with Gasteiger partial charge in [-0.25, -0.2) is 0 Å². The molecule has 0 aliphatic carbocycles. The van der Waals surface area contributed by atoms with E-state index >= 15 is 0 Å². The Morgan fingerprint density at radius 3 is 2.78 bits per heavy atom. The Kier molecular flexibility index (Phi) is 4.97. The van der Waals surface area contributed by atoms with Crippen molar-refractivity contribution < 1.29 is 4.74 Å². The SMILES string of the molecule is c1cc2n(n1)[C@@H](CCN1CCCCC1)CN(C1CCOCC1)C2. The second-order valence-electron chi connectivity index (χ2n) is 7.38.